The summed E-state index contributed by atoms with van der Waals surface area (Å²) in [5.74, 6) is 0. The fourth-order valence-electron chi connectivity index (χ4n) is 1.10. The van der Waals surface area contributed by atoms with Gasteiger partial charge in [-0.3, -0.25) is 4.98 Å². The molecular formula is C10H16N2O2. The molecule has 0 amide bonds. The van der Waals surface area contributed by atoms with Crippen LogP contribution in [0.15, 0.2) is 24.5 Å². The highest BCUT2D eigenvalue weighted by Crippen LogP contribution is 2.08. The van der Waals surface area contributed by atoms with E-state index in [2.05, 4.69) is 10.3 Å². The number of pyridine rings is 1. The van der Waals surface area contributed by atoms with Crippen molar-refractivity contribution in [1.82, 2.24) is 10.3 Å². The van der Waals surface area contributed by atoms with Crippen molar-refractivity contribution in [2.24, 2.45) is 0 Å². The van der Waals surface area contributed by atoms with Crippen molar-refractivity contribution in [1.29, 1.82) is 0 Å². The van der Waals surface area contributed by atoms with Gasteiger partial charge in [-0.2, -0.15) is 0 Å². The van der Waals surface area contributed by atoms with Gasteiger partial charge in [-0.05, 0) is 6.07 Å². The molecule has 0 aliphatic rings. The Morgan fingerprint density at radius 3 is 3.14 bits per heavy atom. The summed E-state index contributed by atoms with van der Waals surface area (Å²) in [6.45, 7) is 1.92. The topological polar surface area (TPSA) is 54.4 Å². The zero-order valence-corrected chi connectivity index (χ0v) is 8.31. The Labute approximate surface area is 83.9 Å². The summed E-state index contributed by atoms with van der Waals surface area (Å²) in [6.07, 6.45) is 2.86. The van der Waals surface area contributed by atoms with E-state index in [1.807, 2.05) is 12.1 Å². The van der Waals surface area contributed by atoms with Crippen LogP contribution in [0.4, 0.5) is 0 Å². The number of aliphatic hydroxyl groups is 1. The highest BCUT2D eigenvalue weighted by Gasteiger charge is 2.05. The number of methoxy groups -OCH3 is 1. The molecule has 0 aliphatic heterocycles. The van der Waals surface area contributed by atoms with Gasteiger partial charge in [0.15, 0.2) is 0 Å². The number of nitrogens with zero attached hydrogens (tertiary/aromatic N) is 1. The lowest BCUT2D eigenvalue weighted by Gasteiger charge is -2.11. The molecule has 1 unspecified atom stereocenters. The highest BCUT2D eigenvalue weighted by atomic mass is 16.5. The summed E-state index contributed by atoms with van der Waals surface area (Å²) in [6, 6.07) is 3.67. The normalized spacial score (nSPS) is 12.7. The van der Waals surface area contributed by atoms with E-state index in [1.165, 1.54) is 0 Å². The number of aliphatic hydroxyl groups excluding tert-OH is 1. The molecular weight excluding hydrogens is 180 g/mol. The van der Waals surface area contributed by atoms with E-state index < -0.39 is 6.10 Å². The highest BCUT2D eigenvalue weighted by molar-refractivity contribution is 5.11. The lowest BCUT2D eigenvalue weighted by Crippen LogP contribution is -2.24. The molecule has 1 aromatic rings. The van der Waals surface area contributed by atoms with Gasteiger partial charge in [-0.1, -0.05) is 6.07 Å². The van der Waals surface area contributed by atoms with Crippen LogP contribution in [-0.4, -0.2) is 36.9 Å². The van der Waals surface area contributed by atoms with Crippen LogP contribution in [0.1, 0.15) is 11.7 Å². The summed E-state index contributed by atoms with van der Waals surface area (Å²) in [5, 5.41) is 12.8. The van der Waals surface area contributed by atoms with E-state index in [9.17, 15) is 5.11 Å². The first-order valence-corrected chi connectivity index (χ1v) is 4.62. The van der Waals surface area contributed by atoms with Gasteiger partial charge in [-0.25, -0.2) is 0 Å². The maximum atomic E-state index is 9.68. The summed E-state index contributed by atoms with van der Waals surface area (Å²) < 4.78 is 4.87. The average molecular weight is 196 g/mol. The molecule has 0 spiro atoms. The molecule has 2 N–H and O–H groups in total. The van der Waals surface area contributed by atoms with Crippen LogP contribution in [0, 0.1) is 0 Å². The summed E-state index contributed by atoms with van der Waals surface area (Å²) in [7, 11) is 1.65. The van der Waals surface area contributed by atoms with Crippen LogP contribution in [0.5, 0.6) is 0 Å². The molecule has 78 valence electrons. The van der Waals surface area contributed by atoms with Crippen LogP contribution in [0.25, 0.3) is 0 Å². The third-order valence-corrected chi connectivity index (χ3v) is 1.89. The van der Waals surface area contributed by atoms with Gasteiger partial charge in [0.25, 0.3) is 0 Å². The van der Waals surface area contributed by atoms with Crippen LogP contribution < -0.4 is 5.32 Å². The van der Waals surface area contributed by atoms with E-state index in [0.717, 1.165) is 12.1 Å². The lowest BCUT2D eigenvalue weighted by atomic mass is 10.2. The third kappa shape index (κ3) is 3.83. The Bertz CT molecular complexity index is 241. The van der Waals surface area contributed by atoms with E-state index in [-0.39, 0.29) is 0 Å². The molecule has 0 radical (unpaired) electrons. The molecule has 0 fully saturated rings. The number of nitrogens with one attached hydrogen (secondary N) is 1. The number of rotatable bonds is 6. The van der Waals surface area contributed by atoms with E-state index in [4.69, 9.17) is 4.74 Å². The predicted molar refractivity (Wildman–Crippen MR) is 53.9 cm³/mol. The van der Waals surface area contributed by atoms with Gasteiger partial charge >= 0.3 is 0 Å². The predicted octanol–water partition coefficient (Wildman–Crippen LogP) is 0.351. The minimum Gasteiger partial charge on any atom is -0.387 e. The molecule has 1 aromatic heterocycles. The number of hydrogen-bond acceptors (Lipinski definition) is 4. The molecule has 0 bridgehead atoms. The third-order valence-electron chi connectivity index (χ3n) is 1.89. The van der Waals surface area contributed by atoms with Gasteiger partial charge in [0, 0.05) is 38.2 Å². The molecule has 4 nitrogen and oxygen atoms in total. The van der Waals surface area contributed by atoms with Gasteiger partial charge in [-0.15, -0.1) is 0 Å². The Morgan fingerprint density at radius 2 is 2.50 bits per heavy atom. The van der Waals surface area contributed by atoms with Gasteiger partial charge in [0.05, 0.1) is 12.7 Å². The van der Waals surface area contributed by atoms with Crippen LogP contribution in [0.2, 0.25) is 0 Å². The quantitative estimate of drug-likeness (QED) is 0.645. The Morgan fingerprint density at radius 1 is 1.64 bits per heavy atom. The van der Waals surface area contributed by atoms with E-state index in [0.29, 0.717) is 13.2 Å². The molecule has 0 aromatic carbocycles. The van der Waals surface area contributed by atoms with Gasteiger partial charge in [0.2, 0.25) is 0 Å². The number of aromatic nitrogens is 1. The first-order chi connectivity index (χ1) is 6.84. The average Bonchev–Trinajstić information content (AvgIpc) is 2.25. The molecule has 1 rings (SSSR count). The number of ether oxygens (including phenoxy) is 1. The van der Waals surface area contributed by atoms with Crippen molar-refractivity contribution in [3.05, 3.63) is 30.1 Å². The van der Waals surface area contributed by atoms with Crippen molar-refractivity contribution in [2.75, 3.05) is 26.8 Å². The first kappa shape index (κ1) is 11.1. The molecule has 0 aliphatic carbocycles. The second kappa shape index (κ2) is 6.48. The molecule has 0 saturated heterocycles. The molecule has 1 atom stereocenters. The van der Waals surface area contributed by atoms with Crippen LogP contribution in [0.3, 0.4) is 0 Å². The van der Waals surface area contributed by atoms with Crippen molar-refractivity contribution in [3.8, 4) is 0 Å². The fourth-order valence-corrected chi connectivity index (χ4v) is 1.10. The van der Waals surface area contributed by atoms with E-state index in [1.54, 1.807) is 19.5 Å². The van der Waals surface area contributed by atoms with Crippen molar-refractivity contribution < 1.29 is 9.84 Å². The summed E-state index contributed by atoms with van der Waals surface area (Å²) in [5.41, 5.74) is 0.831. The first-order valence-electron chi connectivity index (χ1n) is 4.62. The molecule has 4 heteroatoms. The Hall–Kier alpha value is -0.970. The Kier molecular flexibility index (Phi) is 5.14. The zero-order valence-electron chi connectivity index (χ0n) is 8.31. The van der Waals surface area contributed by atoms with Crippen molar-refractivity contribution in [3.63, 3.8) is 0 Å². The van der Waals surface area contributed by atoms with Gasteiger partial charge < -0.3 is 15.2 Å². The molecule has 1 heterocycles. The second-order valence-electron chi connectivity index (χ2n) is 3.00. The monoisotopic (exact) mass is 196 g/mol. The van der Waals surface area contributed by atoms with E-state index >= 15 is 0 Å². The zero-order chi connectivity index (χ0) is 10.2. The second-order valence-corrected chi connectivity index (χ2v) is 3.00. The Balaban J connectivity index is 2.25. The molecule has 0 saturated carbocycles. The summed E-state index contributed by atoms with van der Waals surface area (Å²) in [4.78, 5) is 3.94. The fraction of sp³-hybridized carbons (Fsp3) is 0.500. The van der Waals surface area contributed by atoms with Crippen molar-refractivity contribution >= 4 is 0 Å². The standard InChI is InChI=1S/C10H16N2O2/c1-14-6-5-12-8-10(13)9-3-2-4-11-7-9/h2-4,7,10,12-13H,5-6,8H2,1H3. The molecule has 14 heavy (non-hydrogen) atoms. The van der Waals surface area contributed by atoms with Crippen LogP contribution >= 0.6 is 0 Å². The minimum absolute atomic E-state index is 0.499. The smallest absolute Gasteiger partial charge is 0.0929 e. The summed E-state index contributed by atoms with van der Waals surface area (Å²) >= 11 is 0. The lowest BCUT2D eigenvalue weighted by molar-refractivity contribution is 0.161. The SMILES string of the molecule is COCCNCC(O)c1cccnc1. The van der Waals surface area contributed by atoms with Crippen molar-refractivity contribution in [2.45, 2.75) is 6.10 Å². The minimum atomic E-state index is -0.499. The largest absolute Gasteiger partial charge is 0.387 e. The maximum Gasteiger partial charge on any atom is 0.0929 e. The maximum absolute atomic E-state index is 9.68. The van der Waals surface area contributed by atoms with Crippen LogP contribution in [-0.2, 0) is 4.74 Å². The van der Waals surface area contributed by atoms with Gasteiger partial charge in [0.1, 0.15) is 0 Å². The number of hydrogen-bond donors (Lipinski definition) is 2.